The summed E-state index contributed by atoms with van der Waals surface area (Å²) in [5.74, 6) is -0.0895. The number of hydrogen-bond donors (Lipinski definition) is 1. The van der Waals surface area contributed by atoms with Crippen molar-refractivity contribution < 1.29 is 24.1 Å². The number of ether oxygens (including phenoxy) is 3. The molecular formula is C17H26O5. The second kappa shape index (κ2) is 6.57. The highest BCUT2D eigenvalue weighted by Gasteiger charge is 2.49. The molecule has 0 saturated heterocycles. The van der Waals surface area contributed by atoms with Crippen LogP contribution in [0.25, 0.3) is 0 Å². The molecule has 1 N–H and O–H groups in total. The van der Waals surface area contributed by atoms with Crippen LogP contribution < -0.4 is 0 Å². The van der Waals surface area contributed by atoms with Gasteiger partial charge >= 0.3 is 0 Å². The lowest BCUT2D eigenvalue weighted by molar-refractivity contribution is -0.133. The van der Waals surface area contributed by atoms with Crippen LogP contribution in [0, 0.1) is 0 Å². The van der Waals surface area contributed by atoms with Gasteiger partial charge < -0.3 is 19.3 Å². The molecule has 1 rings (SSSR count). The topological polar surface area (TPSA) is 65.0 Å². The number of aliphatic hydroxyl groups is 1. The largest absolute Gasteiger partial charge is 0.493 e. The van der Waals surface area contributed by atoms with Crippen LogP contribution >= 0.6 is 0 Å². The fraction of sp³-hybridized carbons (Fsp3) is 0.588. The molecular weight excluding hydrogens is 284 g/mol. The van der Waals surface area contributed by atoms with Gasteiger partial charge in [-0.25, -0.2) is 0 Å². The van der Waals surface area contributed by atoms with Gasteiger partial charge in [-0.3, -0.25) is 4.79 Å². The van der Waals surface area contributed by atoms with E-state index in [-0.39, 0.29) is 23.7 Å². The SMILES string of the molecule is C=C(C)C1(O)C(=O)C(OC(C)C)=C(OC(C)C)C(OC)=C1C. The molecule has 0 aliphatic heterocycles. The van der Waals surface area contributed by atoms with Crippen molar-refractivity contribution in [3.8, 4) is 0 Å². The van der Waals surface area contributed by atoms with Gasteiger partial charge in [0, 0.05) is 5.57 Å². The summed E-state index contributed by atoms with van der Waals surface area (Å²) in [5.41, 5.74) is -1.20. The number of ketones is 1. The maximum Gasteiger partial charge on any atom is 0.241 e. The third kappa shape index (κ3) is 3.04. The minimum absolute atomic E-state index is 0.0309. The summed E-state index contributed by atoms with van der Waals surface area (Å²) in [6, 6.07) is 0. The first-order valence-corrected chi connectivity index (χ1v) is 7.33. The van der Waals surface area contributed by atoms with E-state index in [9.17, 15) is 9.90 Å². The molecule has 0 bridgehead atoms. The molecule has 1 atom stereocenters. The highest BCUT2D eigenvalue weighted by Crippen LogP contribution is 2.40. The van der Waals surface area contributed by atoms with E-state index < -0.39 is 11.4 Å². The first-order valence-electron chi connectivity index (χ1n) is 7.33. The first-order chi connectivity index (χ1) is 10.1. The number of hydrogen-bond acceptors (Lipinski definition) is 5. The number of methoxy groups -OCH3 is 1. The Morgan fingerprint density at radius 2 is 1.55 bits per heavy atom. The van der Waals surface area contributed by atoms with Gasteiger partial charge in [-0.05, 0) is 47.1 Å². The molecule has 0 heterocycles. The Morgan fingerprint density at radius 3 is 1.91 bits per heavy atom. The Balaban J connectivity index is 3.62. The summed E-state index contributed by atoms with van der Waals surface area (Å²) >= 11 is 0. The highest BCUT2D eigenvalue weighted by atomic mass is 16.6. The molecule has 5 nitrogen and oxygen atoms in total. The molecule has 0 aromatic rings. The van der Waals surface area contributed by atoms with Crippen LogP contribution in [0.1, 0.15) is 41.5 Å². The molecule has 1 unspecified atom stereocenters. The lowest BCUT2D eigenvalue weighted by Crippen LogP contribution is -2.46. The molecule has 0 aromatic heterocycles. The number of Topliss-reactive ketones (excluding diaryl/α,β-unsaturated/α-hetero) is 1. The lowest BCUT2D eigenvalue weighted by atomic mass is 9.79. The predicted octanol–water partition coefficient (Wildman–Crippen LogP) is 2.86. The van der Waals surface area contributed by atoms with Gasteiger partial charge in [0.25, 0.3) is 0 Å². The normalized spacial score (nSPS) is 22.5. The third-order valence-electron chi connectivity index (χ3n) is 3.36. The second-order valence-corrected chi connectivity index (χ2v) is 5.97. The van der Waals surface area contributed by atoms with Gasteiger partial charge in [0.05, 0.1) is 19.3 Å². The van der Waals surface area contributed by atoms with Gasteiger partial charge in [-0.15, -0.1) is 0 Å². The fourth-order valence-corrected chi connectivity index (χ4v) is 2.32. The van der Waals surface area contributed by atoms with Crippen molar-refractivity contribution in [2.45, 2.75) is 59.4 Å². The summed E-state index contributed by atoms with van der Waals surface area (Å²) in [4.78, 5) is 12.8. The van der Waals surface area contributed by atoms with E-state index >= 15 is 0 Å². The van der Waals surface area contributed by atoms with E-state index in [2.05, 4.69) is 6.58 Å². The summed E-state index contributed by atoms with van der Waals surface area (Å²) < 4.78 is 16.8. The molecule has 0 aromatic carbocycles. The zero-order chi connectivity index (χ0) is 17.2. The van der Waals surface area contributed by atoms with Crippen LogP contribution in [0.5, 0.6) is 0 Å². The van der Waals surface area contributed by atoms with E-state index in [1.54, 1.807) is 27.7 Å². The highest BCUT2D eigenvalue weighted by molar-refractivity contribution is 6.07. The maximum atomic E-state index is 12.8. The third-order valence-corrected chi connectivity index (χ3v) is 3.36. The average molecular weight is 310 g/mol. The van der Waals surface area contributed by atoms with Crippen molar-refractivity contribution in [2.75, 3.05) is 7.11 Å². The molecule has 5 heteroatoms. The standard InChI is InChI=1S/C17H26O5/c1-9(2)17(19)12(7)13(20-8)14(21-10(3)4)15(16(17)18)22-11(5)6/h10-11,19H,1H2,2-8H3. The second-order valence-electron chi connectivity index (χ2n) is 5.97. The molecule has 0 saturated carbocycles. The van der Waals surface area contributed by atoms with Crippen molar-refractivity contribution in [1.82, 2.24) is 0 Å². The molecule has 0 radical (unpaired) electrons. The molecule has 124 valence electrons. The summed E-state index contributed by atoms with van der Waals surface area (Å²) in [6.07, 6.45) is -0.432. The predicted molar refractivity (Wildman–Crippen MR) is 83.9 cm³/mol. The first kappa shape index (κ1) is 18.3. The van der Waals surface area contributed by atoms with Crippen molar-refractivity contribution in [1.29, 1.82) is 0 Å². The van der Waals surface area contributed by atoms with E-state index in [0.29, 0.717) is 16.9 Å². The number of carbonyl (C=O) groups is 1. The van der Waals surface area contributed by atoms with E-state index in [1.807, 2.05) is 13.8 Å². The van der Waals surface area contributed by atoms with Crippen molar-refractivity contribution in [2.24, 2.45) is 0 Å². The lowest BCUT2D eigenvalue weighted by Gasteiger charge is -2.36. The molecule has 0 fully saturated rings. The Bertz CT molecular complexity index is 539. The van der Waals surface area contributed by atoms with Crippen LogP contribution in [0.2, 0.25) is 0 Å². The zero-order valence-electron chi connectivity index (χ0n) is 14.4. The average Bonchev–Trinajstić information content (AvgIpc) is 2.40. The zero-order valence-corrected chi connectivity index (χ0v) is 14.4. The summed E-state index contributed by atoms with van der Waals surface area (Å²) in [7, 11) is 1.46. The van der Waals surface area contributed by atoms with Crippen LogP contribution in [-0.4, -0.2) is 35.8 Å². The smallest absolute Gasteiger partial charge is 0.241 e. The molecule has 1 aliphatic carbocycles. The van der Waals surface area contributed by atoms with E-state index in [4.69, 9.17) is 14.2 Å². The fourth-order valence-electron chi connectivity index (χ4n) is 2.32. The van der Waals surface area contributed by atoms with Crippen molar-refractivity contribution >= 4 is 5.78 Å². The van der Waals surface area contributed by atoms with Gasteiger partial charge in [0.15, 0.2) is 11.4 Å². The van der Waals surface area contributed by atoms with Gasteiger partial charge in [-0.2, -0.15) is 0 Å². The Kier molecular flexibility index (Phi) is 5.46. The van der Waals surface area contributed by atoms with Crippen LogP contribution in [0.4, 0.5) is 0 Å². The Hall–Kier alpha value is -1.75. The quantitative estimate of drug-likeness (QED) is 0.764. The Morgan fingerprint density at radius 1 is 1.09 bits per heavy atom. The van der Waals surface area contributed by atoms with Gasteiger partial charge in [0.1, 0.15) is 0 Å². The van der Waals surface area contributed by atoms with E-state index in [1.165, 1.54) is 7.11 Å². The molecule has 22 heavy (non-hydrogen) atoms. The Labute approximate surface area is 132 Å². The van der Waals surface area contributed by atoms with Gasteiger partial charge in [0.2, 0.25) is 17.3 Å². The van der Waals surface area contributed by atoms with Crippen molar-refractivity contribution in [3.63, 3.8) is 0 Å². The number of rotatable bonds is 6. The maximum absolute atomic E-state index is 12.8. The van der Waals surface area contributed by atoms with Gasteiger partial charge in [-0.1, -0.05) is 6.58 Å². The summed E-state index contributed by atoms with van der Waals surface area (Å²) in [6.45, 7) is 14.2. The monoisotopic (exact) mass is 310 g/mol. The van der Waals surface area contributed by atoms with Crippen LogP contribution in [0.15, 0.2) is 35.0 Å². The van der Waals surface area contributed by atoms with E-state index in [0.717, 1.165) is 0 Å². The molecule has 0 amide bonds. The van der Waals surface area contributed by atoms with Crippen LogP contribution in [-0.2, 0) is 19.0 Å². The number of carbonyl (C=O) groups excluding carboxylic acids is 1. The van der Waals surface area contributed by atoms with Crippen molar-refractivity contribution in [3.05, 3.63) is 35.0 Å². The minimum Gasteiger partial charge on any atom is -0.493 e. The van der Waals surface area contributed by atoms with Crippen LogP contribution in [0.3, 0.4) is 0 Å². The molecule has 0 spiro atoms. The minimum atomic E-state index is -1.85. The molecule has 1 aliphatic rings. The summed E-state index contributed by atoms with van der Waals surface area (Å²) in [5, 5.41) is 10.9.